The van der Waals surface area contributed by atoms with E-state index in [0.717, 1.165) is 12.1 Å². The minimum atomic E-state index is -4.53. The van der Waals surface area contributed by atoms with Gasteiger partial charge in [0.05, 0.1) is 4.92 Å². The van der Waals surface area contributed by atoms with Gasteiger partial charge in [-0.2, -0.15) is 4.72 Å². The molecule has 0 fully saturated rings. The van der Waals surface area contributed by atoms with Gasteiger partial charge in [-0.05, 0) is 11.6 Å². The number of carbonyl (C=O) groups is 1. The summed E-state index contributed by atoms with van der Waals surface area (Å²) in [6.07, 6.45) is 1.33. The maximum Gasteiger partial charge on any atom is 0.326 e. The van der Waals surface area contributed by atoms with E-state index < -0.39 is 37.0 Å². The van der Waals surface area contributed by atoms with Gasteiger partial charge in [0.15, 0.2) is 4.90 Å². The van der Waals surface area contributed by atoms with Crippen LogP contribution in [0.25, 0.3) is 0 Å². The first-order valence-electron chi connectivity index (χ1n) is 8.58. The number of para-hydroxylation sites is 1. The van der Waals surface area contributed by atoms with Crippen LogP contribution < -0.4 is 10.0 Å². The molecule has 0 aliphatic rings. The van der Waals surface area contributed by atoms with Crippen LogP contribution in [-0.2, 0) is 21.2 Å². The Morgan fingerprint density at radius 3 is 2.38 bits per heavy atom. The van der Waals surface area contributed by atoms with Crippen molar-refractivity contribution in [1.82, 2.24) is 10.0 Å². The summed E-state index contributed by atoms with van der Waals surface area (Å²) in [5, 5.41) is 24.0. The van der Waals surface area contributed by atoms with Crippen molar-refractivity contribution in [3.05, 3.63) is 82.9 Å². The molecule has 0 radical (unpaired) electrons. The van der Waals surface area contributed by atoms with Gasteiger partial charge in [-0.3, -0.25) is 14.9 Å². The molecule has 0 saturated heterocycles. The van der Waals surface area contributed by atoms with Crippen LogP contribution in [0.3, 0.4) is 0 Å². The zero-order valence-corrected chi connectivity index (χ0v) is 16.3. The van der Waals surface area contributed by atoms with Crippen LogP contribution in [0.4, 0.5) is 5.69 Å². The smallest absolute Gasteiger partial charge is 0.326 e. The first kappa shape index (κ1) is 22.2. The topological polar surface area (TPSA) is 139 Å². The van der Waals surface area contributed by atoms with Gasteiger partial charge in [0.1, 0.15) is 5.54 Å². The number of nitro groups is 1. The Hall–Kier alpha value is -3.08. The number of nitrogens with zero attached hydrogens (tertiary/aromatic N) is 1. The summed E-state index contributed by atoms with van der Waals surface area (Å²) >= 11 is 0. The molecule has 0 aliphatic carbocycles. The molecule has 2 rings (SSSR count). The summed E-state index contributed by atoms with van der Waals surface area (Å²) in [4.78, 5) is 22.0. The van der Waals surface area contributed by atoms with Gasteiger partial charge in [0.25, 0.3) is 5.69 Å². The quantitative estimate of drug-likeness (QED) is 0.218. The van der Waals surface area contributed by atoms with Crippen molar-refractivity contribution in [3.8, 4) is 0 Å². The SMILES string of the molecule is C=CCNCC(Cc1ccccc1)(NS(=O)(=O)c1ccccc1[N+](=O)[O-])C(=O)O. The van der Waals surface area contributed by atoms with Crippen molar-refractivity contribution in [2.24, 2.45) is 0 Å². The molecule has 9 nitrogen and oxygen atoms in total. The van der Waals surface area contributed by atoms with E-state index in [-0.39, 0.29) is 19.5 Å². The van der Waals surface area contributed by atoms with Gasteiger partial charge in [-0.1, -0.05) is 48.5 Å². The van der Waals surface area contributed by atoms with Crippen LogP contribution >= 0.6 is 0 Å². The highest BCUT2D eigenvalue weighted by molar-refractivity contribution is 7.89. The van der Waals surface area contributed by atoms with E-state index in [1.165, 1.54) is 18.2 Å². The highest BCUT2D eigenvalue weighted by atomic mass is 32.2. The lowest BCUT2D eigenvalue weighted by atomic mass is 9.91. The van der Waals surface area contributed by atoms with Gasteiger partial charge >= 0.3 is 5.97 Å². The molecule has 0 amide bonds. The molecule has 0 spiro atoms. The molecule has 0 saturated carbocycles. The highest BCUT2D eigenvalue weighted by Crippen LogP contribution is 2.25. The minimum absolute atomic E-state index is 0.173. The molecule has 0 heterocycles. The largest absolute Gasteiger partial charge is 0.480 e. The zero-order valence-electron chi connectivity index (χ0n) is 15.4. The number of hydrogen-bond acceptors (Lipinski definition) is 6. The number of sulfonamides is 1. The predicted octanol–water partition coefficient (Wildman–Crippen LogP) is 1.71. The van der Waals surface area contributed by atoms with Crippen LogP contribution in [0.5, 0.6) is 0 Å². The summed E-state index contributed by atoms with van der Waals surface area (Å²) in [6, 6.07) is 13.3. The Kier molecular flexibility index (Phi) is 7.21. The molecule has 2 aromatic rings. The van der Waals surface area contributed by atoms with Gasteiger partial charge in [0, 0.05) is 25.6 Å². The molecule has 154 valence electrons. The fraction of sp³-hybridized carbons (Fsp3) is 0.211. The van der Waals surface area contributed by atoms with E-state index in [1.807, 2.05) is 0 Å². The highest BCUT2D eigenvalue weighted by Gasteiger charge is 2.43. The average Bonchev–Trinajstić information content (AvgIpc) is 2.68. The second kappa shape index (κ2) is 9.41. The molecule has 3 N–H and O–H groups in total. The van der Waals surface area contributed by atoms with E-state index in [2.05, 4.69) is 16.6 Å². The Morgan fingerprint density at radius 1 is 1.17 bits per heavy atom. The van der Waals surface area contributed by atoms with Crippen LogP contribution in [0, 0.1) is 10.1 Å². The number of hydrogen-bond donors (Lipinski definition) is 3. The van der Waals surface area contributed by atoms with Crippen LogP contribution in [0.2, 0.25) is 0 Å². The number of rotatable bonds is 11. The molecule has 1 unspecified atom stereocenters. The van der Waals surface area contributed by atoms with E-state index in [1.54, 1.807) is 30.3 Å². The molecule has 0 aromatic heterocycles. The van der Waals surface area contributed by atoms with Crippen molar-refractivity contribution in [1.29, 1.82) is 0 Å². The second-order valence-electron chi connectivity index (χ2n) is 6.30. The molecule has 29 heavy (non-hydrogen) atoms. The molecule has 0 aliphatic heterocycles. The molecule has 0 bridgehead atoms. The number of nitro benzene ring substituents is 1. The van der Waals surface area contributed by atoms with Crippen molar-refractivity contribution >= 4 is 21.7 Å². The zero-order chi connectivity index (χ0) is 21.5. The molecule has 1 atom stereocenters. The summed E-state index contributed by atoms with van der Waals surface area (Å²) in [7, 11) is -4.53. The van der Waals surface area contributed by atoms with Crippen LogP contribution in [0.1, 0.15) is 5.56 Å². The summed E-state index contributed by atoms with van der Waals surface area (Å²) in [6.45, 7) is 3.52. The molecule has 2 aromatic carbocycles. The summed E-state index contributed by atoms with van der Waals surface area (Å²) < 4.78 is 28.1. The first-order valence-corrected chi connectivity index (χ1v) is 10.1. The molecular formula is C19H21N3O6S. The van der Waals surface area contributed by atoms with Crippen molar-refractivity contribution < 1.29 is 23.2 Å². The van der Waals surface area contributed by atoms with Gasteiger partial charge in [-0.25, -0.2) is 8.42 Å². The van der Waals surface area contributed by atoms with E-state index in [9.17, 15) is 28.4 Å². The maximum absolute atomic E-state index is 13.0. The fourth-order valence-corrected chi connectivity index (χ4v) is 4.34. The van der Waals surface area contributed by atoms with E-state index >= 15 is 0 Å². The van der Waals surface area contributed by atoms with Gasteiger partial charge < -0.3 is 10.4 Å². The second-order valence-corrected chi connectivity index (χ2v) is 7.95. The third-order valence-electron chi connectivity index (χ3n) is 4.15. The third kappa shape index (κ3) is 5.47. The van der Waals surface area contributed by atoms with E-state index in [4.69, 9.17) is 0 Å². The summed E-state index contributed by atoms with van der Waals surface area (Å²) in [5.41, 5.74) is -2.04. The van der Waals surface area contributed by atoms with Crippen LogP contribution in [-0.4, -0.2) is 43.0 Å². The lowest BCUT2D eigenvalue weighted by Crippen LogP contribution is -2.61. The van der Waals surface area contributed by atoms with Gasteiger partial charge in [0.2, 0.25) is 10.0 Å². The van der Waals surface area contributed by atoms with Crippen molar-refractivity contribution in [2.75, 3.05) is 13.1 Å². The number of carboxylic acid groups (broad SMARTS) is 1. The van der Waals surface area contributed by atoms with E-state index in [0.29, 0.717) is 5.56 Å². The standard InChI is InChI=1S/C19H21N3O6S/c1-2-12-20-14-19(18(23)24,13-15-8-4-3-5-9-15)21-29(27,28)17-11-7-6-10-16(17)22(25)26/h2-11,20-21H,1,12-14H2,(H,23,24). The Balaban J connectivity index is 2.51. The van der Waals surface area contributed by atoms with Crippen molar-refractivity contribution in [3.63, 3.8) is 0 Å². The molecular weight excluding hydrogens is 398 g/mol. The lowest BCUT2D eigenvalue weighted by Gasteiger charge is -2.30. The summed E-state index contributed by atoms with van der Waals surface area (Å²) in [5.74, 6) is -1.42. The fourth-order valence-electron chi connectivity index (χ4n) is 2.81. The number of aliphatic carboxylic acids is 1. The monoisotopic (exact) mass is 419 g/mol. The first-order chi connectivity index (χ1) is 13.7. The lowest BCUT2D eigenvalue weighted by molar-refractivity contribution is -0.387. The number of carboxylic acids is 1. The molecule has 10 heteroatoms. The maximum atomic E-state index is 13.0. The van der Waals surface area contributed by atoms with Crippen LogP contribution in [0.15, 0.2) is 72.1 Å². The Morgan fingerprint density at radius 2 is 1.79 bits per heavy atom. The van der Waals surface area contributed by atoms with Gasteiger partial charge in [-0.15, -0.1) is 6.58 Å². The van der Waals surface area contributed by atoms with Crippen molar-refractivity contribution in [2.45, 2.75) is 16.9 Å². The Labute approximate surface area is 168 Å². The normalized spacial score (nSPS) is 13.4. The average molecular weight is 419 g/mol. The minimum Gasteiger partial charge on any atom is -0.480 e. The third-order valence-corrected chi connectivity index (χ3v) is 5.74. The number of benzene rings is 2. The number of nitrogens with one attached hydrogen (secondary N) is 2. The Bertz CT molecular complexity index is 994. The predicted molar refractivity (Wildman–Crippen MR) is 107 cm³/mol.